The predicted molar refractivity (Wildman–Crippen MR) is 134 cm³/mol. The number of amides is 1. The summed E-state index contributed by atoms with van der Waals surface area (Å²) in [5.41, 5.74) is 1.37. The Morgan fingerprint density at radius 2 is 1.74 bits per heavy atom. The maximum atomic E-state index is 13.2. The van der Waals surface area contributed by atoms with Crippen LogP contribution in [0.4, 0.5) is 0 Å². The SMILES string of the molecule is COc1ccccc1/C=C1\S/C(=N/N=C\c2cc(OC)c(O)c(OC)c2)N(Cc2ccco2)C1=O. The van der Waals surface area contributed by atoms with Crippen LogP contribution in [0.3, 0.4) is 0 Å². The molecule has 2 heterocycles. The Labute approximate surface area is 206 Å². The Kier molecular flexibility index (Phi) is 7.41. The highest BCUT2D eigenvalue weighted by atomic mass is 32.2. The third kappa shape index (κ3) is 5.33. The largest absolute Gasteiger partial charge is 0.502 e. The number of para-hydroxylation sites is 1. The zero-order chi connectivity index (χ0) is 24.8. The summed E-state index contributed by atoms with van der Waals surface area (Å²) in [6, 6.07) is 14.2. The van der Waals surface area contributed by atoms with E-state index < -0.39 is 0 Å². The van der Waals surface area contributed by atoms with E-state index in [0.29, 0.717) is 27.1 Å². The quantitative estimate of drug-likeness (QED) is 0.279. The average Bonchev–Trinajstić information content (AvgIpc) is 3.49. The maximum Gasteiger partial charge on any atom is 0.267 e. The fraction of sp³-hybridized carbons (Fsp3) is 0.160. The zero-order valence-electron chi connectivity index (χ0n) is 19.3. The van der Waals surface area contributed by atoms with Crippen molar-refractivity contribution in [1.82, 2.24) is 4.90 Å². The molecule has 1 amide bonds. The van der Waals surface area contributed by atoms with E-state index in [-0.39, 0.29) is 29.7 Å². The second kappa shape index (κ2) is 10.8. The highest BCUT2D eigenvalue weighted by Crippen LogP contribution is 2.37. The van der Waals surface area contributed by atoms with Gasteiger partial charge < -0.3 is 23.7 Å². The van der Waals surface area contributed by atoms with Crippen LogP contribution in [0, 0.1) is 0 Å². The molecular formula is C25H23N3O6S. The molecule has 9 nitrogen and oxygen atoms in total. The van der Waals surface area contributed by atoms with Gasteiger partial charge in [-0.1, -0.05) is 18.2 Å². The number of hydrogen-bond donors (Lipinski definition) is 1. The van der Waals surface area contributed by atoms with E-state index in [0.717, 1.165) is 5.56 Å². The van der Waals surface area contributed by atoms with E-state index in [1.807, 2.05) is 24.3 Å². The number of furan rings is 1. The van der Waals surface area contributed by atoms with Gasteiger partial charge in [0.2, 0.25) is 5.75 Å². The number of hydrogen-bond acceptors (Lipinski definition) is 9. The third-order valence-corrected chi connectivity index (χ3v) is 6.06. The molecule has 2 aromatic carbocycles. The number of carbonyl (C=O) groups is 1. The van der Waals surface area contributed by atoms with Crippen LogP contribution >= 0.6 is 11.8 Å². The summed E-state index contributed by atoms with van der Waals surface area (Å²) in [6.45, 7) is 0.206. The van der Waals surface area contributed by atoms with Gasteiger partial charge in [-0.2, -0.15) is 5.10 Å². The number of carbonyl (C=O) groups excluding carboxylic acids is 1. The lowest BCUT2D eigenvalue weighted by atomic mass is 10.2. The number of thioether (sulfide) groups is 1. The van der Waals surface area contributed by atoms with Gasteiger partial charge in [0.05, 0.1) is 45.3 Å². The summed E-state index contributed by atoms with van der Waals surface area (Å²) in [5, 5.41) is 18.9. The smallest absolute Gasteiger partial charge is 0.267 e. The van der Waals surface area contributed by atoms with Crippen LogP contribution in [0.1, 0.15) is 16.9 Å². The molecule has 3 aromatic rings. The van der Waals surface area contributed by atoms with Crippen molar-refractivity contribution in [3.8, 4) is 23.0 Å². The number of methoxy groups -OCH3 is 3. The van der Waals surface area contributed by atoms with E-state index in [2.05, 4.69) is 10.2 Å². The van der Waals surface area contributed by atoms with Crippen molar-refractivity contribution < 1.29 is 28.5 Å². The molecule has 4 rings (SSSR count). The van der Waals surface area contributed by atoms with E-state index in [1.165, 1.54) is 37.1 Å². The number of phenols is 1. The van der Waals surface area contributed by atoms with Crippen LogP contribution in [-0.2, 0) is 11.3 Å². The van der Waals surface area contributed by atoms with Gasteiger partial charge in [0.25, 0.3) is 5.91 Å². The van der Waals surface area contributed by atoms with Crippen molar-refractivity contribution in [2.24, 2.45) is 10.2 Å². The molecule has 1 aromatic heterocycles. The molecule has 0 atom stereocenters. The topological polar surface area (TPSA) is 106 Å². The first-order valence-electron chi connectivity index (χ1n) is 10.5. The van der Waals surface area contributed by atoms with Crippen molar-refractivity contribution in [2.45, 2.75) is 6.54 Å². The molecule has 10 heteroatoms. The first-order valence-corrected chi connectivity index (χ1v) is 11.3. The number of aromatic hydroxyl groups is 1. The normalized spacial score (nSPS) is 16.0. The predicted octanol–water partition coefficient (Wildman–Crippen LogP) is 4.52. The molecule has 1 aliphatic heterocycles. The van der Waals surface area contributed by atoms with Crippen LogP contribution in [0.15, 0.2) is 74.3 Å². The molecule has 0 radical (unpaired) electrons. The lowest BCUT2D eigenvalue weighted by Crippen LogP contribution is -2.28. The van der Waals surface area contributed by atoms with Gasteiger partial charge in [0, 0.05) is 11.1 Å². The van der Waals surface area contributed by atoms with Crippen molar-refractivity contribution in [2.75, 3.05) is 21.3 Å². The minimum Gasteiger partial charge on any atom is -0.502 e. The molecule has 0 bridgehead atoms. The molecule has 0 aliphatic carbocycles. The number of rotatable bonds is 8. The van der Waals surface area contributed by atoms with Gasteiger partial charge in [-0.05, 0) is 48.2 Å². The maximum absolute atomic E-state index is 13.2. The molecule has 0 spiro atoms. The van der Waals surface area contributed by atoms with Gasteiger partial charge in [0.1, 0.15) is 11.5 Å². The molecule has 0 saturated carbocycles. The fourth-order valence-corrected chi connectivity index (χ4v) is 4.27. The summed E-state index contributed by atoms with van der Waals surface area (Å²) < 4.78 is 21.2. The van der Waals surface area contributed by atoms with Gasteiger partial charge in [-0.15, -0.1) is 5.10 Å². The Bertz CT molecular complexity index is 1280. The Balaban J connectivity index is 1.66. The summed E-state index contributed by atoms with van der Waals surface area (Å²) >= 11 is 1.20. The lowest BCUT2D eigenvalue weighted by Gasteiger charge is -2.12. The first-order chi connectivity index (χ1) is 17.0. The lowest BCUT2D eigenvalue weighted by molar-refractivity contribution is -0.122. The van der Waals surface area contributed by atoms with E-state index in [9.17, 15) is 9.90 Å². The molecule has 1 saturated heterocycles. The van der Waals surface area contributed by atoms with Crippen molar-refractivity contribution in [3.63, 3.8) is 0 Å². The molecule has 0 unspecified atom stereocenters. The fourth-order valence-electron chi connectivity index (χ4n) is 3.34. The molecule has 1 fully saturated rings. The zero-order valence-corrected chi connectivity index (χ0v) is 20.1. The first kappa shape index (κ1) is 24.0. The number of benzene rings is 2. The van der Waals surface area contributed by atoms with E-state index in [1.54, 1.807) is 43.7 Å². The Morgan fingerprint density at radius 1 is 1.03 bits per heavy atom. The minimum atomic E-state index is -0.223. The van der Waals surface area contributed by atoms with Gasteiger partial charge >= 0.3 is 0 Å². The second-order valence-electron chi connectivity index (χ2n) is 7.22. The standard InChI is InChI=1S/C25H23N3O6S/c1-31-19-9-5-4-7-17(19)13-22-24(30)28(15-18-8-6-10-34-18)25(35-22)27-26-14-16-11-20(32-2)23(29)21(12-16)33-3/h4-14,29H,15H2,1-3H3/b22-13-,26-14-,27-25+. The molecule has 180 valence electrons. The highest BCUT2D eigenvalue weighted by molar-refractivity contribution is 8.18. The van der Waals surface area contributed by atoms with Crippen LogP contribution in [0.25, 0.3) is 6.08 Å². The number of ether oxygens (including phenoxy) is 3. The van der Waals surface area contributed by atoms with Crippen molar-refractivity contribution >= 4 is 35.1 Å². The molecule has 1 aliphatic rings. The van der Waals surface area contributed by atoms with Crippen LogP contribution in [0.5, 0.6) is 23.0 Å². The summed E-state index contributed by atoms with van der Waals surface area (Å²) in [7, 11) is 4.47. The number of phenolic OH excluding ortho intramolecular Hbond substituents is 1. The van der Waals surface area contributed by atoms with E-state index >= 15 is 0 Å². The molecule has 1 N–H and O–H groups in total. The summed E-state index contributed by atoms with van der Waals surface area (Å²) in [6.07, 6.45) is 4.80. The third-order valence-electron chi connectivity index (χ3n) is 5.06. The van der Waals surface area contributed by atoms with Gasteiger partial charge in [-0.25, -0.2) is 0 Å². The monoisotopic (exact) mass is 493 g/mol. The Morgan fingerprint density at radius 3 is 2.40 bits per heavy atom. The molecular weight excluding hydrogens is 470 g/mol. The number of amidine groups is 1. The summed E-state index contributed by atoms with van der Waals surface area (Å²) in [5.74, 6) is 1.42. The highest BCUT2D eigenvalue weighted by Gasteiger charge is 2.34. The average molecular weight is 494 g/mol. The van der Waals surface area contributed by atoms with Gasteiger partial charge in [-0.3, -0.25) is 9.69 Å². The molecule has 35 heavy (non-hydrogen) atoms. The number of nitrogens with zero attached hydrogens (tertiary/aromatic N) is 3. The van der Waals surface area contributed by atoms with Crippen LogP contribution < -0.4 is 14.2 Å². The van der Waals surface area contributed by atoms with Crippen molar-refractivity contribution in [1.29, 1.82) is 0 Å². The van der Waals surface area contributed by atoms with Gasteiger partial charge in [0.15, 0.2) is 16.7 Å². The van der Waals surface area contributed by atoms with Crippen LogP contribution in [0.2, 0.25) is 0 Å². The summed E-state index contributed by atoms with van der Waals surface area (Å²) in [4.78, 5) is 15.2. The van der Waals surface area contributed by atoms with Crippen molar-refractivity contribution in [3.05, 3.63) is 76.6 Å². The minimum absolute atomic E-state index is 0.105. The van der Waals surface area contributed by atoms with E-state index in [4.69, 9.17) is 18.6 Å². The Hall–Kier alpha value is -4.18. The van der Waals surface area contributed by atoms with Crippen LogP contribution in [-0.4, -0.2) is 48.6 Å². The second-order valence-corrected chi connectivity index (χ2v) is 8.23.